The molecule has 0 bridgehead atoms. The van der Waals surface area contributed by atoms with E-state index in [0.717, 1.165) is 43.2 Å². The van der Waals surface area contributed by atoms with Gasteiger partial charge in [-0.05, 0) is 56.2 Å². The Balaban J connectivity index is 0.000000223. The van der Waals surface area contributed by atoms with Gasteiger partial charge in [0.25, 0.3) is 5.91 Å². The summed E-state index contributed by atoms with van der Waals surface area (Å²) in [6, 6.07) is 6.09. The van der Waals surface area contributed by atoms with Crippen LogP contribution in [0.5, 0.6) is 0 Å². The van der Waals surface area contributed by atoms with Crippen molar-refractivity contribution in [3.05, 3.63) is 42.4 Å². The molecule has 1 unspecified atom stereocenters. The number of nitrogens with two attached hydrogens (primary N) is 1. The van der Waals surface area contributed by atoms with Gasteiger partial charge < -0.3 is 11.1 Å². The fourth-order valence-corrected chi connectivity index (χ4v) is 5.18. The van der Waals surface area contributed by atoms with Crippen LogP contribution in [0, 0.1) is 5.92 Å². The molecular weight excluding hydrogens is 464 g/mol. The van der Waals surface area contributed by atoms with Gasteiger partial charge in [0.2, 0.25) is 6.41 Å². The number of aromatic nitrogens is 3. The number of hydrogen-bond acceptors (Lipinski definition) is 7. The van der Waals surface area contributed by atoms with Crippen LogP contribution in [0.3, 0.4) is 0 Å². The first-order valence-electron chi connectivity index (χ1n) is 12.3. The number of primary amides is 1. The molecule has 0 spiro atoms. The Labute approximate surface area is 212 Å². The lowest BCUT2D eigenvalue weighted by Gasteiger charge is -2.25. The SMILES string of the molecule is CC(CC1CCCCC1)NC(=O)c1cn[nH]c1.NC=O.O=C1CCCCN(Sc2ccccn2)C1. The number of H-pyrrole nitrogens is 1. The lowest BCUT2D eigenvalue weighted by Crippen LogP contribution is -2.34. The first-order chi connectivity index (χ1) is 17.0. The quantitative estimate of drug-likeness (QED) is 0.404. The highest BCUT2D eigenvalue weighted by atomic mass is 32.2. The van der Waals surface area contributed by atoms with E-state index in [0.29, 0.717) is 17.9 Å². The molecular formula is C25H38N6O3S. The van der Waals surface area contributed by atoms with Crippen LogP contribution in [-0.4, -0.2) is 56.7 Å². The van der Waals surface area contributed by atoms with Gasteiger partial charge in [-0.1, -0.05) is 38.2 Å². The van der Waals surface area contributed by atoms with Gasteiger partial charge in [0.15, 0.2) is 0 Å². The van der Waals surface area contributed by atoms with Crippen molar-refractivity contribution >= 4 is 30.0 Å². The Kier molecular flexibility index (Phi) is 13.7. The number of carbonyl (C=O) groups is 3. The number of ketones is 1. The number of nitrogens with one attached hydrogen (secondary N) is 2. The summed E-state index contributed by atoms with van der Waals surface area (Å²) in [5, 5.41) is 10.4. The molecule has 1 atom stereocenters. The van der Waals surface area contributed by atoms with Crippen LogP contribution in [0.25, 0.3) is 0 Å². The van der Waals surface area contributed by atoms with E-state index in [2.05, 4.69) is 37.5 Å². The van der Waals surface area contributed by atoms with Crippen LogP contribution in [-0.2, 0) is 9.59 Å². The van der Waals surface area contributed by atoms with Crippen LogP contribution in [0.1, 0.15) is 75.1 Å². The van der Waals surface area contributed by atoms with Crippen molar-refractivity contribution in [1.82, 2.24) is 24.8 Å². The second-order valence-corrected chi connectivity index (χ2v) is 9.97. The molecule has 2 aromatic heterocycles. The molecule has 2 aromatic rings. The maximum Gasteiger partial charge on any atom is 0.254 e. The van der Waals surface area contributed by atoms with Crippen molar-refractivity contribution in [3.8, 4) is 0 Å². The Morgan fingerprint density at radius 2 is 2.06 bits per heavy atom. The third-order valence-corrected chi connectivity index (χ3v) is 6.87. The third-order valence-electron chi connectivity index (χ3n) is 5.88. The topological polar surface area (TPSA) is 134 Å². The lowest BCUT2D eigenvalue weighted by atomic mass is 9.85. The standard InChI is InChI=1S/C13H21N3O.C11H14N2OS.CH3NO/c1-10(7-11-5-3-2-4-6-11)16-13(17)12-8-14-15-9-12;14-10-5-2-4-8-13(9-10)15-11-6-1-3-7-12-11;2-1-3/h8-11H,2-7H2,1H3,(H,14,15)(H,16,17);1,3,6-7H,2,4-5,8-9H2;1H,(H2,2,3). The van der Waals surface area contributed by atoms with E-state index in [4.69, 9.17) is 4.79 Å². The lowest BCUT2D eigenvalue weighted by molar-refractivity contribution is -0.118. The maximum absolute atomic E-state index is 11.8. The summed E-state index contributed by atoms with van der Waals surface area (Å²) in [7, 11) is 0. The summed E-state index contributed by atoms with van der Waals surface area (Å²) < 4.78 is 2.11. The maximum atomic E-state index is 11.8. The average Bonchev–Trinajstić information content (AvgIpc) is 3.32. The minimum Gasteiger partial charge on any atom is -0.372 e. The Bertz CT molecular complexity index is 859. The molecule has 4 rings (SSSR count). The highest BCUT2D eigenvalue weighted by Gasteiger charge is 2.18. The first-order valence-corrected chi connectivity index (χ1v) is 13.1. The van der Waals surface area contributed by atoms with Crippen LogP contribution < -0.4 is 11.1 Å². The van der Waals surface area contributed by atoms with Gasteiger partial charge in [-0.2, -0.15) is 5.10 Å². The zero-order chi connectivity index (χ0) is 25.3. The van der Waals surface area contributed by atoms with Crippen LogP contribution in [0.15, 0.2) is 41.8 Å². The Morgan fingerprint density at radius 1 is 1.29 bits per heavy atom. The molecule has 1 saturated carbocycles. The first kappa shape index (κ1) is 28.5. The molecule has 1 aliphatic heterocycles. The van der Waals surface area contributed by atoms with Crippen LogP contribution in [0.2, 0.25) is 0 Å². The molecule has 0 aromatic carbocycles. The number of aromatic amines is 1. The molecule has 10 heteroatoms. The van der Waals surface area contributed by atoms with Crippen molar-refractivity contribution in [2.24, 2.45) is 11.7 Å². The predicted molar refractivity (Wildman–Crippen MR) is 137 cm³/mol. The van der Waals surface area contributed by atoms with Crippen molar-refractivity contribution in [1.29, 1.82) is 0 Å². The third kappa shape index (κ3) is 12.0. The van der Waals surface area contributed by atoms with Crippen LogP contribution in [0.4, 0.5) is 0 Å². The molecule has 35 heavy (non-hydrogen) atoms. The summed E-state index contributed by atoms with van der Waals surface area (Å²) in [6.07, 6.45) is 15.9. The molecule has 2 amide bonds. The van der Waals surface area contributed by atoms with Gasteiger partial charge >= 0.3 is 0 Å². The molecule has 192 valence electrons. The number of pyridine rings is 1. The van der Waals surface area contributed by atoms with Crippen molar-refractivity contribution in [2.75, 3.05) is 13.1 Å². The molecule has 4 N–H and O–H groups in total. The van der Waals surface area contributed by atoms with Gasteiger partial charge in [-0.3, -0.25) is 19.5 Å². The molecule has 0 radical (unpaired) electrons. The van der Waals surface area contributed by atoms with Gasteiger partial charge in [0.1, 0.15) is 10.8 Å². The summed E-state index contributed by atoms with van der Waals surface area (Å²) in [6.45, 7) is 3.63. The van der Waals surface area contributed by atoms with Crippen LogP contribution >= 0.6 is 11.9 Å². The highest BCUT2D eigenvalue weighted by Crippen LogP contribution is 2.27. The van der Waals surface area contributed by atoms with Gasteiger partial charge in [-0.25, -0.2) is 9.29 Å². The molecule has 9 nitrogen and oxygen atoms in total. The van der Waals surface area contributed by atoms with E-state index >= 15 is 0 Å². The van der Waals surface area contributed by atoms with Gasteiger partial charge in [0, 0.05) is 31.4 Å². The normalized spacial score (nSPS) is 17.6. The van der Waals surface area contributed by atoms with E-state index in [-0.39, 0.29) is 18.4 Å². The molecule has 3 heterocycles. The molecule has 2 aliphatic rings. The van der Waals surface area contributed by atoms with Crippen molar-refractivity contribution in [3.63, 3.8) is 0 Å². The van der Waals surface area contributed by atoms with E-state index in [9.17, 15) is 9.59 Å². The van der Waals surface area contributed by atoms with Crippen molar-refractivity contribution < 1.29 is 14.4 Å². The number of amides is 2. The second-order valence-electron chi connectivity index (χ2n) is 8.86. The Hall–Kier alpha value is -2.72. The van der Waals surface area contributed by atoms with E-state index < -0.39 is 0 Å². The number of nitrogens with zero attached hydrogens (tertiary/aromatic N) is 3. The largest absolute Gasteiger partial charge is 0.372 e. The zero-order valence-corrected chi connectivity index (χ0v) is 21.3. The Morgan fingerprint density at radius 3 is 2.71 bits per heavy atom. The van der Waals surface area contributed by atoms with Crippen molar-refractivity contribution in [2.45, 2.75) is 75.8 Å². The fourth-order valence-electron chi connectivity index (χ4n) is 4.24. The summed E-state index contributed by atoms with van der Waals surface area (Å²) in [5.41, 5.74) is 4.78. The summed E-state index contributed by atoms with van der Waals surface area (Å²) in [5.74, 6) is 1.11. The second kappa shape index (κ2) is 16.8. The summed E-state index contributed by atoms with van der Waals surface area (Å²) in [4.78, 5) is 36.0. The molecule has 1 aliphatic carbocycles. The monoisotopic (exact) mass is 502 g/mol. The molecule has 2 fully saturated rings. The molecule has 1 saturated heterocycles. The number of carbonyl (C=O) groups excluding carboxylic acids is 3. The van der Waals surface area contributed by atoms with Gasteiger partial charge in [-0.15, -0.1) is 0 Å². The van der Waals surface area contributed by atoms with Gasteiger partial charge in [0.05, 0.1) is 18.3 Å². The fraction of sp³-hybridized carbons (Fsp3) is 0.560. The van der Waals surface area contributed by atoms with E-state index in [1.54, 1.807) is 30.5 Å². The number of hydrogen-bond donors (Lipinski definition) is 3. The number of Topliss-reactive ketones (excluding diaryl/α,β-unsaturated/α-hetero) is 1. The predicted octanol–water partition coefficient (Wildman–Crippen LogP) is 3.74. The summed E-state index contributed by atoms with van der Waals surface area (Å²) >= 11 is 1.58. The minimum atomic E-state index is -0.0259. The smallest absolute Gasteiger partial charge is 0.254 e. The van der Waals surface area contributed by atoms with E-state index in [1.807, 2.05) is 18.2 Å². The minimum absolute atomic E-state index is 0.0259. The highest BCUT2D eigenvalue weighted by molar-refractivity contribution is 7.97. The zero-order valence-electron chi connectivity index (χ0n) is 20.5. The number of rotatable bonds is 6. The average molecular weight is 503 g/mol. The van der Waals surface area contributed by atoms with E-state index in [1.165, 1.54) is 32.1 Å².